The van der Waals surface area contributed by atoms with Crippen molar-refractivity contribution in [3.8, 4) is 5.75 Å². The topological polar surface area (TPSA) is 59.0 Å². The number of ether oxygens (including phenoxy) is 2. The van der Waals surface area contributed by atoms with Crippen LogP contribution in [0.4, 0.5) is 0 Å². The van der Waals surface area contributed by atoms with Crippen molar-refractivity contribution in [1.82, 2.24) is 4.90 Å². The fourth-order valence-electron chi connectivity index (χ4n) is 3.23. The van der Waals surface area contributed by atoms with E-state index in [1.54, 1.807) is 29.2 Å². The average Bonchev–Trinajstić information content (AvgIpc) is 2.65. The quantitative estimate of drug-likeness (QED) is 0.896. The average molecular weight is 355 g/mol. The third kappa shape index (κ3) is 4.62. The van der Waals surface area contributed by atoms with Gasteiger partial charge in [0.15, 0.2) is 0 Å². The molecule has 0 aromatic heterocycles. The Labute approximate surface area is 154 Å². The molecule has 1 heterocycles. The van der Waals surface area contributed by atoms with Gasteiger partial charge in [0.1, 0.15) is 18.5 Å². The van der Waals surface area contributed by atoms with Gasteiger partial charge in [-0.2, -0.15) is 0 Å². The van der Waals surface area contributed by atoms with Crippen molar-refractivity contribution in [1.29, 1.82) is 0 Å². The fourth-order valence-corrected chi connectivity index (χ4v) is 3.23. The number of nitrogens with zero attached hydrogens (tertiary/aromatic N) is 1. The minimum absolute atomic E-state index is 0.0543. The van der Waals surface area contributed by atoms with E-state index < -0.39 is 5.60 Å². The molecular weight excluding hydrogens is 330 g/mol. The van der Waals surface area contributed by atoms with E-state index in [4.69, 9.17) is 9.47 Å². The molecule has 5 nitrogen and oxygen atoms in total. The summed E-state index contributed by atoms with van der Waals surface area (Å²) in [5.41, 5.74) is 0.858. The van der Waals surface area contributed by atoms with E-state index in [9.17, 15) is 9.90 Å². The molecule has 1 aliphatic heterocycles. The Morgan fingerprint density at radius 2 is 2.00 bits per heavy atom. The van der Waals surface area contributed by atoms with Crippen LogP contribution in [0.1, 0.15) is 29.8 Å². The predicted molar refractivity (Wildman–Crippen MR) is 99.2 cm³/mol. The van der Waals surface area contributed by atoms with E-state index >= 15 is 0 Å². The van der Waals surface area contributed by atoms with E-state index in [1.807, 2.05) is 44.2 Å². The van der Waals surface area contributed by atoms with E-state index in [-0.39, 0.29) is 18.6 Å². The Morgan fingerprint density at radius 1 is 1.23 bits per heavy atom. The maximum Gasteiger partial charge on any atom is 0.254 e. The first kappa shape index (κ1) is 18.4. The van der Waals surface area contributed by atoms with Gasteiger partial charge in [0, 0.05) is 12.1 Å². The Kier molecular flexibility index (Phi) is 5.59. The Hall–Kier alpha value is -2.37. The number of aliphatic hydroxyl groups excluding tert-OH is 1. The van der Waals surface area contributed by atoms with Crippen LogP contribution in [0.15, 0.2) is 54.6 Å². The number of hydrogen-bond donors (Lipinski definition) is 1. The van der Waals surface area contributed by atoms with Crippen molar-refractivity contribution in [3.05, 3.63) is 65.7 Å². The second kappa shape index (κ2) is 7.89. The Balaban J connectivity index is 1.69. The van der Waals surface area contributed by atoms with Crippen LogP contribution in [0.5, 0.6) is 5.75 Å². The predicted octanol–water partition coefficient (Wildman–Crippen LogP) is 2.88. The molecule has 2 aromatic rings. The van der Waals surface area contributed by atoms with Crippen LogP contribution in [-0.2, 0) is 11.3 Å². The summed E-state index contributed by atoms with van der Waals surface area (Å²) in [5.74, 6) is 0.731. The molecule has 1 unspecified atom stereocenters. The highest BCUT2D eigenvalue weighted by atomic mass is 16.5. The van der Waals surface area contributed by atoms with Crippen molar-refractivity contribution in [3.63, 3.8) is 0 Å². The number of hydrogen-bond acceptors (Lipinski definition) is 4. The third-order valence-electron chi connectivity index (χ3n) is 4.30. The van der Waals surface area contributed by atoms with Crippen LogP contribution in [0.25, 0.3) is 0 Å². The van der Waals surface area contributed by atoms with Crippen LogP contribution in [-0.4, -0.2) is 47.3 Å². The molecule has 3 rings (SSSR count). The molecule has 1 N–H and O–H groups in total. The molecule has 138 valence electrons. The largest absolute Gasteiger partial charge is 0.491 e. The van der Waals surface area contributed by atoms with Gasteiger partial charge in [0.05, 0.1) is 18.8 Å². The molecule has 0 aliphatic carbocycles. The zero-order chi connectivity index (χ0) is 18.6. The van der Waals surface area contributed by atoms with Gasteiger partial charge in [-0.15, -0.1) is 0 Å². The number of para-hydroxylation sites is 1. The lowest BCUT2D eigenvalue weighted by atomic mass is 10.0. The van der Waals surface area contributed by atoms with Crippen molar-refractivity contribution in [2.24, 2.45) is 0 Å². The van der Waals surface area contributed by atoms with Gasteiger partial charge in [-0.1, -0.05) is 30.3 Å². The van der Waals surface area contributed by atoms with E-state index in [1.165, 1.54) is 0 Å². The number of carbonyl (C=O) groups is 1. The van der Waals surface area contributed by atoms with Gasteiger partial charge in [-0.25, -0.2) is 0 Å². The summed E-state index contributed by atoms with van der Waals surface area (Å²) in [4.78, 5) is 14.7. The molecular formula is C21H25NO4. The fraction of sp³-hybridized carbons (Fsp3) is 0.381. The molecule has 1 amide bonds. The summed E-state index contributed by atoms with van der Waals surface area (Å²) in [6, 6.07) is 16.7. The van der Waals surface area contributed by atoms with Gasteiger partial charge in [-0.05, 0) is 43.7 Å². The van der Waals surface area contributed by atoms with Crippen molar-refractivity contribution >= 4 is 5.91 Å². The number of rotatable bonds is 5. The number of benzene rings is 2. The smallest absolute Gasteiger partial charge is 0.254 e. The normalized spacial score (nSPS) is 19.2. The molecule has 0 saturated carbocycles. The minimum atomic E-state index is -0.451. The highest BCUT2D eigenvalue weighted by Crippen LogP contribution is 2.23. The summed E-state index contributed by atoms with van der Waals surface area (Å²) >= 11 is 0. The van der Waals surface area contributed by atoms with Crippen LogP contribution >= 0.6 is 0 Å². The molecule has 5 heteroatoms. The third-order valence-corrected chi connectivity index (χ3v) is 4.30. The maximum absolute atomic E-state index is 12.9. The molecule has 26 heavy (non-hydrogen) atoms. The summed E-state index contributed by atoms with van der Waals surface area (Å²) in [6.45, 7) is 5.24. The summed E-state index contributed by atoms with van der Waals surface area (Å²) in [6.07, 6.45) is -0.205. The molecule has 1 saturated heterocycles. The summed E-state index contributed by atoms with van der Waals surface area (Å²) < 4.78 is 11.9. The van der Waals surface area contributed by atoms with E-state index in [0.29, 0.717) is 25.3 Å². The zero-order valence-corrected chi connectivity index (χ0v) is 15.2. The molecule has 0 bridgehead atoms. The highest BCUT2D eigenvalue weighted by Gasteiger charge is 2.36. The first-order valence-corrected chi connectivity index (χ1v) is 8.81. The van der Waals surface area contributed by atoms with Crippen molar-refractivity contribution in [2.45, 2.75) is 32.2 Å². The maximum atomic E-state index is 12.9. The Bertz CT molecular complexity index is 745. The SMILES string of the molecule is CC1(C)CN(C(=O)c2cccc(CO)c2)CC(COc2ccccc2)O1. The first-order chi connectivity index (χ1) is 12.5. The van der Waals surface area contributed by atoms with Gasteiger partial charge in [-0.3, -0.25) is 4.79 Å². The van der Waals surface area contributed by atoms with Gasteiger partial charge in [0.25, 0.3) is 5.91 Å². The second-order valence-electron chi connectivity index (χ2n) is 7.17. The molecule has 1 atom stereocenters. The Morgan fingerprint density at radius 3 is 2.73 bits per heavy atom. The lowest BCUT2D eigenvalue weighted by Gasteiger charge is -2.42. The van der Waals surface area contributed by atoms with E-state index in [2.05, 4.69) is 0 Å². The van der Waals surface area contributed by atoms with Gasteiger partial charge < -0.3 is 19.5 Å². The number of carbonyl (C=O) groups excluding carboxylic acids is 1. The zero-order valence-electron chi connectivity index (χ0n) is 15.2. The summed E-state index contributed by atoms with van der Waals surface area (Å²) in [5, 5.41) is 9.30. The summed E-state index contributed by atoms with van der Waals surface area (Å²) in [7, 11) is 0. The van der Waals surface area contributed by atoms with Crippen molar-refractivity contribution in [2.75, 3.05) is 19.7 Å². The monoisotopic (exact) mass is 355 g/mol. The lowest BCUT2D eigenvalue weighted by Crippen LogP contribution is -2.56. The number of aliphatic hydroxyl groups is 1. The lowest BCUT2D eigenvalue weighted by molar-refractivity contribution is -0.136. The first-order valence-electron chi connectivity index (χ1n) is 8.81. The molecule has 2 aromatic carbocycles. The van der Waals surface area contributed by atoms with Crippen LogP contribution in [0, 0.1) is 0 Å². The highest BCUT2D eigenvalue weighted by molar-refractivity contribution is 5.94. The molecule has 0 radical (unpaired) electrons. The molecule has 0 spiro atoms. The van der Waals surface area contributed by atoms with Gasteiger partial charge in [0.2, 0.25) is 0 Å². The molecule has 1 aliphatic rings. The van der Waals surface area contributed by atoms with Gasteiger partial charge >= 0.3 is 0 Å². The van der Waals surface area contributed by atoms with Crippen LogP contribution < -0.4 is 4.74 Å². The van der Waals surface area contributed by atoms with E-state index in [0.717, 1.165) is 11.3 Å². The van der Waals surface area contributed by atoms with Crippen LogP contribution in [0.2, 0.25) is 0 Å². The molecule has 1 fully saturated rings. The van der Waals surface area contributed by atoms with Crippen molar-refractivity contribution < 1.29 is 19.4 Å². The minimum Gasteiger partial charge on any atom is -0.491 e. The van der Waals surface area contributed by atoms with Crippen LogP contribution in [0.3, 0.4) is 0 Å². The number of amides is 1. The second-order valence-corrected chi connectivity index (χ2v) is 7.17. The number of morpholine rings is 1. The standard InChI is InChI=1S/C21H25NO4/c1-21(2)15-22(20(24)17-8-6-7-16(11-17)13-23)12-19(26-21)14-25-18-9-4-3-5-10-18/h3-11,19,23H,12-15H2,1-2H3.